The number of carbonyl (C=O) groups excluding carboxylic acids is 1. The predicted molar refractivity (Wildman–Crippen MR) is 105 cm³/mol. The molecule has 27 heavy (non-hydrogen) atoms. The molecule has 0 unspecified atom stereocenters. The number of nitrogens with zero attached hydrogens (tertiary/aromatic N) is 4. The van der Waals surface area contributed by atoms with Gasteiger partial charge in [0.25, 0.3) is 5.91 Å². The summed E-state index contributed by atoms with van der Waals surface area (Å²) in [6.45, 7) is 2.82. The van der Waals surface area contributed by atoms with E-state index in [1.165, 1.54) is 25.7 Å². The zero-order valence-corrected chi connectivity index (χ0v) is 15.5. The fourth-order valence-electron chi connectivity index (χ4n) is 3.72. The second-order valence-electron chi connectivity index (χ2n) is 7.33. The smallest absolute Gasteiger partial charge is 0.272 e. The molecule has 2 fully saturated rings. The van der Waals surface area contributed by atoms with E-state index in [1.54, 1.807) is 12.1 Å². The van der Waals surface area contributed by atoms with Gasteiger partial charge < -0.3 is 15.5 Å². The molecule has 3 heterocycles. The quantitative estimate of drug-likeness (QED) is 0.818. The minimum atomic E-state index is -0.136. The molecule has 7 heteroatoms. The van der Waals surface area contributed by atoms with Gasteiger partial charge in [0.05, 0.1) is 0 Å². The maximum atomic E-state index is 12.2. The lowest BCUT2D eigenvalue weighted by Gasteiger charge is -2.16. The van der Waals surface area contributed by atoms with E-state index < -0.39 is 0 Å². The number of rotatable bonds is 6. The van der Waals surface area contributed by atoms with Crippen molar-refractivity contribution < 1.29 is 4.79 Å². The highest BCUT2D eigenvalue weighted by Gasteiger charge is 2.18. The number of aromatic nitrogens is 3. The lowest BCUT2D eigenvalue weighted by Crippen LogP contribution is -2.33. The van der Waals surface area contributed by atoms with Crippen LogP contribution >= 0.6 is 0 Å². The van der Waals surface area contributed by atoms with Crippen LogP contribution < -0.4 is 15.5 Å². The third-order valence-electron chi connectivity index (χ3n) is 5.30. The van der Waals surface area contributed by atoms with Gasteiger partial charge in [0.15, 0.2) is 5.69 Å². The highest BCUT2D eigenvalue weighted by molar-refractivity contribution is 5.92. The van der Waals surface area contributed by atoms with Crippen LogP contribution in [0.4, 0.5) is 11.6 Å². The van der Waals surface area contributed by atoms with Crippen LogP contribution in [0.25, 0.3) is 0 Å². The first-order valence-corrected chi connectivity index (χ1v) is 9.86. The van der Waals surface area contributed by atoms with Gasteiger partial charge >= 0.3 is 0 Å². The fraction of sp³-hybridized carbons (Fsp3) is 0.500. The molecule has 1 saturated carbocycles. The third-order valence-corrected chi connectivity index (χ3v) is 5.30. The minimum Gasteiger partial charge on any atom is -0.364 e. The van der Waals surface area contributed by atoms with Crippen LogP contribution in [0, 0.1) is 0 Å². The average Bonchev–Trinajstić information content (AvgIpc) is 3.41. The highest BCUT2D eigenvalue weighted by atomic mass is 16.2. The summed E-state index contributed by atoms with van der Waals surface area (Å²) in [5.41, 5.74) is 1.45. The number of hydrogen-bond acceptors (Lipinski definition) is 6. The second kappa shape index (κ2) is 8.33. The molecule has 0 bridgehead atoms. The zero-order chi connectivity index (χ0) is 18.5. The lowest BCUT2D eigenvalue weighted by molar-refractivity contribution is 0.0932. The van der Waals surface area contributed by atoms with Crippen molar-refractivity contribution in [1.29, 1.82) is 0 Å². The Morgan fingerprint density at radius 2 is 1.85 bits per heavy atom. The van der Waals surface area contributed by atoms with Gasteiger partial charge in [-0.2, -0.15) is 0 Å². The van der Waals surface area contributed by atoms with Crippen LogP contribution in [0.1, 0.15) is 54.6 Å². The van der Waals surface area contributed by atoms with Gasteiger partial charge in [0.2, 0.25) is 0 Å². The Balaban J connectivity index is 1.28. The standard InChI is InChI=1S/C20H26N6O/c27-20(23-16-5-1-2-6-16)17-8-9-18(25-24-17)21-13-15-7-10-19(22-14-15)26-11-3-4-12-26/h7-10,14,16H,1-6,11-13H2,(H,21,25)(H,23,27). The van der Waals surface area contributed by atoms with Crippen molar-refractivity contribution in [2.24, 2.45) is 0 Å². The summed E-state index contributed by atoms with van der Waals surface area (Å²) >= 11 is 0. The monoisotopic (exact) mass is 366 g/mol. The fourth-order valence-corrected chi connectivity index (χ4v) is 3.72. The highest BCUT2D eigenvalue weighted by Crippen LogP contribution is 2.19. The molecule has 0 spiro atoms. The van der Waals surface area contributed by atoms with E-state index in [-0.39, 0.29) is 11.9 Å². The Labute approximate surface area is 159 Å². The van der Waals surface area contributed by atoms with Crippen molar-refractivity contribution in [2.75, 3.05) is 23.3 Å². The molecule has 2 aliphatic rings. The van der Waals surface area contributed by atoms with E-state index in [1.807, 2.05) is 6.20 Å². The first-order valence-electron chi connectivity index (χ1n) is 9.86. The summed E-state index contributed by atoms with van der Waals surface area (Å²) in [6.07, 6.45) is 8.89. The first kappa shape index (κ1) is 17.7. The first-order chi connectivity index (χ1) is 13.3. The van der Waals surface area contributed by atoms with Gasteiger partial charge in [-0.15, -0.1) is 10.2 Å². The summed E-state index contributed by atoms with van der Waals surface area (Å²) < 4.78 is 0. The van der Waals surface area contributed by atoms with Crippen LogP contribution in [-0.4, -0.2) is 40.2 Å². The van der Waals surface area contributed by atoms with E-state index in [0.717, 1.165) is 37.3 Å². The Bertz CT molecular complexity index is 749. The molecule has 142 valence electrons. The SMILES string of the molecule is O=C(NC1CCCC1)c1ccc(NCc2ccc(N3CCCC3)nc2)nn1. The summed E-state index contributed by atoms with van der Waals surface area (Å²) in [5.74, 6) is 1.56. The molecule has 7 nitrogen and oxygen atoms in total. The summed E-state index contributed by atoms with van der Waals surface area (Å²) in [7, 11) is 0. The zero-order valence-electron chi connectivity index (χ0n) is 15.5. The van der Waals surface area contributed by atoms with Crippen LogP contribution in [0.5, 0.6) is 0 Å². The largest absolute Gasteiger partial charge is 0.364 e. The van der Waals surface area contributed by atoms with E-state index in [4.69, 9.17) is 0 Å². The molecule has 1 saturated heterocycles. The molecule has 1 aliphatic carbocycles. The predicted octanol–water partition coefficient (Wildman–Crippen LogP) is 2.76. The topological polar surface area (TPSA) is 83.0 Å². The summed E-state index contributed by atoms with van der Waals surface area (Å²) in [5, 5.41) is 14.4. The number of nitrogens with one attached hydrogen (secondary N) is 2. The van der Waals surface area contributed by atoms with Crippen molar-refractivity contribution in [1.82, 2.24) is 20.5 Å². The molecule has 0 atom stereocenters. The molecule has 2 N–H and O–H groups in total. The van der Waals surface area contributed by atoms with Crippen LogP contribution in [-0.2, 0) is 6.54 Å². The average molecular weight is 366 g/mol. The number of amides is 1. The maximum absolute atomic E-state index is 12.2. The number of anilines is 2. The molecule has 4 rings (SSSR count). The van der Waals surface area contributed by atoms with E-state index in [0.29, 0.717) is 18.1 Å². The molecule has 2 aromatic rings. The van der Waals surface area contributed by atoms with E-state index >= 15 is 0 Å². The Morgan fingerprint density at radius 3 is 2.52 bits per heavy atom. The van der Waals surface area contributed by atoms with Crippen molar-refractivity contribution in [3.8, 4) is 0 Å². The van der Waals surface area contributed by atoms with Crippen LogP contribution in [0.15, 0.2) is 30.5 Å². The number of carbonyl (C=O) groups is 1. The Morgan fingerprint density at radius 1 is 1.04 bits per heavy atom. The van der Waals surface area contributed by atoms with Crippen molar-refractivity contribution in [2.45, 2.75) is 51.1 Å². The van der Waals surface area contributed by atoms with Crippen molar-refractivity contribution >= 4 is 17.5 Å². The van der Waals surface area contributed by atoms with Gasteiger partial charge in [-0.1, -0.05) is 18.9 Å². The third kappa shape index (κ3) is 4.53. The van der Waals surface area contributed by atoms with Gasteiger partial charge in [-0.3, -0.25) is 4.79 Å². The van der Waals surface area contributed by atoms with Crippen molar-refractivity contribution in [3.63, 3.8) is 0 Å². The molecule has 2 aromatic heterocycles. The van der Waals surface area contributed by atoms with Gasteiger partial charge in [0.1, 0.15) is 11.6 Å². The Hall–Kier alpha value is -2.70. The second-order valence-corrected chi connectivity index (χ2v) is 7.33. The van der Waals surface area contributed by atoms with Crippen molar-refractivity contribution in [3.05, 3.63) is 41.7 Å². The molecular weight excluding hydrogens is 340 g/mol. The summed E-state index contributed by atoms with van der Waals surface area (Å²) in [4.78, 5) is 19.1. The molecule has 0 radical (unpaired) electrons. The van der Waals surface area contributed by atoms with E-state index in [2.05, 4.69) is 42.8 Å². The lowest BCUT2D eigenvalue weighted by atomic mass is 10.2. The normalized spacial score (nSPS) is 17.3. The van der Waals surface area contributed by atoms with E-state index in [9.17, 15) is 4.79 Å². The van der Waals surface area contributed by atoms with Crippen LogP contribution in [0.2, 0.25) is 0 Å². The minimum absolute atomic E-state index is 0.136. The van der Waals surface area contributed by atoms with Gasteiger partial charge in [-0.05, 0) is 49.4 Å². The molecular formula is C20H26N6O. The molecule has 1 amide bonds. The number of hydrogen-bond donors (Lipinski definition) is 2. The Kier molecular flexibility index (Phi) is 5.46. The van der Waals surface area contributed by atoms with Gasteiger partial charge in [0, 0.05) is 31.9 Å². The maximum Gasteiger partial charge on any atom is 0.272 e. The molecule has 1 aliphatic heterocycles. The molecule has 0 aromatic carbocycles. The number of pyridine rings is 1. The van der Waals surface area contributed by atoms with Crippen LogP contribution in [0.3, 0.4) is 0 Å². The van der Waals surface area contributed by atoms with Gasteiger partial charge in [-0.25, -0.2) is 4.98 Å². The summed E-state index contributed by atoms with van der Waals surface area (Å²) in [6, 6.07) is 7.96.